The first kappa shape index (κ1) is 30.8. The van der Waals surface area contributed by atoms with E-state index in [-0.39, 0.29) is 48.6 Å². The first-order valence-corrected chi connectivity index (χ1v) is 13.4. The van der Waals surface area contributed by atoms with Crippen LogP contribution in [0, 0.1) is 5.82 Å². The number of carbonyl (C=O) groups excluding carboxylic acids is 2. The molecule has 1 fully saturated rings. The quantitative estimate of drug-likeness (QED) is 0.255. The van der Waals surface area contributed by atoms with E-state index >= 15 is 0 Å². The summed E-state index contributed by atoms with van der Waals surface area (Å²) in [6.45, 7) is -0.105. The van der Waals surface area contributed by atoms with Crippen LogP contribution in [0.1, 0.15) is 50.4 Å². The first-order chi connectivity index (χ1) is 20.7. The molecule has 2 heterocycles. The Balaban J connectivity index is 1.42. The smallest absolute Gasteiger partial charge is 0.416 e. The minimum absolute atomic E-state index is 0.0421. The normalized spacial score (nSPS) is 17.5. The van der Waals surface area contributed by atoms with Crippen molar-refractivity contribution >= 4 is 22.8 Å². The lowest BCUT2D eigenvalue weighted by Crippen LogP contribution is -2.52. The van der Waals surface area contributed by atoms with Crippen molar-refractivity contribution in [3.63, 3.8) is 0 Å². The molecule has 1 aliphatic rings. The van der Waals surface area contributed by atoms with E-state index in [1.165, 1.54) is 11.0 Å². The number of halogens is 7. The van der Waals surface area contributed by atoms with Crippen LogP contribution in [0.2, 0.25) is 0 Å². The molecule has 0 aliphatic carbocycles. The fourth-order valence-electron chi connectivity index (χ4n) is 5.27. The second kappa shape index (κ2) is 11.8. The summed E-state index contributed by atoms with van der Waals surface area (Å²) >= 11 is 0. The molecule has 2 amide bonds. The van der Waals surface area contributed by atoms with Crippen molar-refractivity contribution in [3.8, 4) is 0 Å². The third kappa shape index (κ3) is 6.76. The number of likely N-dealkylation sites (tertiary alicyclic amines) is 1. The predicted molar refractivity (Wildman–Crippen MR) is 144 cm³/mol. The van der Waals surface area contributed by atoms with E-state index in [0.717, 1.165) is 23.8 Å². The number of piperidine rings is 1. The van der Waals surface area contributed by atoms with E-state index in [1.807, 2.05) is 0 Å². The maximum atomic E-state index is 13.7. The van der Waals surface area contributed by atoms with Gasteiger partial charge in [-0.2, -0.15) is 26.3 Å². The molecule has 13 heteroatoms. The number of rotatable bonds is 5. The van der Waals surface area contributed by atoms with E-state index < -0.39 is 64.2 Å². The lowest BCUT2D eigenvalue weighted by Gasteiger charge is -2.40. The number of benzene rings is 3. The maximum Gasteiger partial charge on any atom is 0.416 e. The van der Waals surface area contributed by atoms with E-state index in [9.17, 15) is 45.1 Å². The summed E-state index contributed by atoms with van der Waals surface area (Å²) in [5, 5.41) is 2.78. The molecule has 0 spiro atoms. The zero-order valence-corrected chi connectivity index (χ0v) is 22.6. The Kier molecular flexibility index (Phi) is 8.23. The summed E-state index contributed by atoms with van der Waals surface area (Å²) in [6, 6.07) is 12.3. The topological polar surface area (TPSA) is 79.6 Å². The summed E-state index contributed by atoms with van der Waals surface area (Å²) in [6.07, 6.45) is -9.88. The second-order valence-corrected chi connectivity index (χ2v) is 10.4. The third-order valence-corrected chi connectivity index (χ3v) is 7.38. The Labute approximate surface area is 245 Å². The van der Waals surface area contributed by atoms with Crippen molar-refractivity contribution in [2.75, 3.05) is 6.54 Å². The van der Waals surface area contributed by atoms with Gasteiger partial charge in [-0.15, -0.1) is 0 Å². The molecule has 2 atom stereocenters. The van der Waals surface area contributed by atoms with Gasteiger partial charge in [0.25, 0.3) is 11.8 Å². The number of nitrogens with zero attached hydrogens (tertiary/aromatic N) is 1. The standard InChI is InChI=1S/C31H23F7N2O4/c32-21-6-7-24-25(41)16-27(44-26(24)14-21)28(42)39-22-8-9-40(23(15-22)10-17-4-2-1-3-5-17)29(43)18-11-19(30(33,34)35)13-20(12-18)31(36,37)38/h1-7,11-14,16,22-23H,8-10,15H2,(H,39,42)/t22-,23+/m0/s1. The molecule has 0 unspecified atom stereocenters. The molecule has 1 aromatic heterocycles. The fourth-order valence-corrected chi connectivity index (χ4v) is 5.27. The van der Waals surface area contributed by atoms with Gasteiger partial charge in [-0.3, -0.25) is 14.4 Å². The van der Waals surface area contributed by atoms with Gasteiger partial charge in [0.2, 0.25) is 0 Å². The Bertz CT molecular complexity index is 1740. The Morgan fingerprint density at radius 2 is 1.55 bits per heavy atom. The van der Waals surface area contributed by atoms with Crippen LogP contribution in [-0.2, 0) is 18.8 Å². The SMILES string of the molecule is O=C(N[C@H]1CCN(C(=O)c2cc(C(F)(F)F)cc(C(F)(F)F)c2)[C@H](Cc2ccccc2)C1)c1cc(=O)c2ccc(F)cc2o1. The monoisotopic (exact) mass is 620 g/mol. The van der Waals surface area contributed by atoms with Crippen LogP contribution < -0.4 is 10.7 Å². The highest BCUT2D eigenvalue weighted by Gasteiger charge is 2.39. The molecule has 1 aliphatic heterocycles. The van der Waals surface area contributed by atoms with Gasteiger partial charge < -0.3 is 14.6 Å². The van der Waals surface area contributed by atoms with Crippen LogP contribution in [0.15, 0.2) is 82.0 Å². The molecule has 1 saturated heterocycles. The number of nitrogens with one attached hydrogen (secondary N) is 1. The van der Waals surface area contributed by atoms with Gasteiger partial charge in [-0.1, -0.05) is 30.3 Å². The molecule has 1 N–H and O–H groups in total. The average molecular weight is 621 g/mol. The maximum absolute atomic E-state index is 13.7. The highest BCUT2D eigenvalue weighted by atomic mass is 19.4. The molecule has 5 rings (SSSR count). The zero-order valence-electron chi connectivity index (χ0n) is 22.6. The van der Waals surface area contributed by atoms with Crippen LogP contribution >= 0.6 is 0 Å². The molecular formula is C31H23F7N2O4. The average Bonchev–Trinajstić information content (AvgIpc) is 2.96. The first-order valence-electron chi connectivity index (χ1n) is 13.4. The molecule has 6 nitrogen and oxygen atoms in total. The summed E-state index contributed by atoms with van der Waals surface area (Å²) in [5.74, 6) is -2.86. The van der Waals surface area contributed by atoms with Crippen LogP contribution in [0.25, 0.3) is 11.0 Å². The highest BCUT2D eigenvalue weighted by Crippen LogP contribution is 2.37. The van der Waals surface area contributed by atoms with Crippen LogP contribution in [0.4, 0.5) is 30.7 Å². The number of amides is 2. The summed E-state index contributed by atoms with van der Waals surface area (Å²) in [7, 11) is 0. The summed E-state index contributed by atoms with van der Waals surface area (Å²) < 4.78 is 99.9. The lowest BCUT2D eigenvalue weighted by atomic mass is 9.91. The zero-order chi connectivity index (χ0) is 31.8. The van der Waals surface area contributed by atoms with Gasteiger partial charge in [-0.05, 0) is 55.2 Å². The Morgan fingerprint density at radius 3 is 2.18 bits per heavy atom. The van der Waals surface area contributed by atoms with Gasteiger partial charge in [0, 0.05) is 36.3 Å². The van der Waals surface area contributed by atoms with E-state index in [2.05, 4.69) is 5.32 Å². The molecule has 0 radical (unpaired) electrons. The van der Waals surface area contributed by atoms with Gasteiger partial charge in [-0.25, -0.2) is 4.39 Å². The van der Waals surface area contributed by atoms with Crippen LogP contribution in [-0.4, -0.2) is 35.3 Å². The Hall–Kier alpha value is -4.68. The van der Waals surface area contributed by atoms with Crippen molar-refractivity contribution in [1.29, 1.82) is 0 Å². The number of carbonyl (C=O) groups is 2. The molecule has 3 aromatic carbocycles. The van der Waals surface area contributed by atoms with E-state index in [1.54, 1.807) is 30.3 Å². The van der Waals surface area contributed by atoms with Crippen molar-refractivity contribution < 1.29 is 44.7 Å². The largest absolute Gasteiger partial charge is 0.451 e. The number of hydrogen-bond donors (Lipinski definition) is 1. The number of fused-ring (bicyclic) bond motifs is 1. The second-order valence-electron chi connectivity index (χ2n) is 10.4. The number of hydrogen-bond acceptors (Lipinski definition) is 4. The van der Waals surface area contributed by atoms with Crippen molar-refractivity contribution in [2.24, 2.45) is 0 Å². The van der Waals surface area contributed by atoms with E-state index in [4.69, 9.17) is 4.42 Å². The molecule has 4 aromatic rings. The Morgan fingerprint density at radius 1 is 0.886 bits per heavy atom. The lowest BCUT2D eigenvalue weighted by molar-refractivity contribution is -0.143. The highest BCUT2D eigenvalue weighted by molar-refractivity contribution is 5.95. The van der Waals surface area contributed by atoms with Gasteiger partial charge >= 0.3 is 12.4 Å². The van der Waals surface area contributed by atoms with Crippen molar-refractivity contribution in [2.45, 2.75) is 43.7 Å². The van der Waals surface area contributed by atoms with Crippen molar-refractivity contribution in [3.05, 3.63) is 117 Å². The third-order valence-electron chi connectivity index (χ3n) is 7.38. The van der Waals surface area contributed by atoms with E-state index in [0.29, 0.717) is 12.1 Å². The minimum Gasteiger partial charge on any atom is -0.451 e. The van der Waals surface area contributed by atoms with Gasteiger partial charge in [0.1, 0.15) is 11.4 Å². The molecular weight excluding hydrogens is 597 g/mol. The number of alkyl halides is 6. The summed E-state index contributed by atoms with van der Waals surface area (Å²) in [4.78, 5) is 40.2. The molecule has 0 saturated carbocycles. The molecule has 230 valence electrons. The summed E-state index contributed by atoms with van der Waals surface area (Å²) in [5.41, 5.74) is -3.94. The molecule has 0 bridgehead atoms. The predicted octanol–water partition coefficient (Wildman–Crippen LogP) is 6.62. The fraction of sp³-hybridized carbons (Fsp3) is 0.258. The van der Waals surface area contributed by atoms with Crippen molar-refractivity contribution in [1.82, 2.24) is 10.2 Å². The molecule has 44 heavy (non-hydrogen) atoms. The van der Waals surface area contributed by atoms with Crippen LogP contribution in [0.5, 0.6) is 0 Å². The van der Waals surface area contributed by atoms with Gasteiger partial charge in [0.15, 0.2) is 11.2 Å². The van der Waals surface area contributed by atoms with Crippen LogP contribution in [0.3, 0.4) is 0 Å². The minimum atomic E-state index is -5.12. The van der Waals surface area contributed by atoms with Gasteiger partial charge in [0.05, 0.1) is 16.5 Å².